The molecule has 0 radical (unpaired) electrons. The average molecular weight is 545 g/mol. The molecule has 1 saturated carbocycles. The quantitative estimate of drug-likeness (QED) is 0.495. The molecule has 4 rings (SSSR count). The molecule has 2 fully saturated rings. The molecule has 2 atom stereocenters. The molecule has 1 aliphatic carbocycles. The van der Waals surface area contributed by atoms with Gasteiger partial charge in [0.25, 0.3) is 5.91 Å². The summed E-state index contributed by atoms with van der Waals surface area (Å²) in [5, 5.41) is 2.80. The van der Waals surface area contributed by atoms with E-state index in [1.54, 1.807) is 43.0 Å². The lowest BCUT2D eigenvalue weighted by molar-refractivity contribution is -0.125. The lowest BCUT2D eigenvalue weighted by Crippen LogP contribution is -2.50. The highest BCUT2D eigenvalue weighted by molar-refractivity contribution is 7.99. The number of methoxy groups -OCH3 is 5. The third-order valence-corrected chi connectivity index (χ3v) is 8.42. The monoisotopic (exact) mass is 544 g/mol. The molecule has 2 aromatic carbocycles. The third-order valence-electron chi connectivity index (χ3n) is 7.09. The molecule has 2 unspecified atom stereocenters. The zero-order valence-corrected chi connectivity index (χ0v) is 23.4. The molecule has 0 bridgehead atoms. The maximum atomic E-state index is 14.2. The molecule has 1 N–H and O–H groups in total. The summed E-state index contributed by atoms with van der Waals surface area (Å²) in [7, 11) is 7.67. The topological polar surface area (TPSA) is 95.6 Å². The highest BCUT2D eigenvalue weighted by atomic mass is 32.2. The van der Waals surface area contributed by atoms with E-state index in [1.165, 1.54) is 27.8 Å². The number of ether oxygens (including phenoxy) is 5. The van der Waals surface area contributed by atoms with Gasteiger partial charge in [-0.1, -0.05) is 25.3 Å². The highest BCUT2D eigenvalue weighted by Crippen LogP contribution is 2.46. The minimum Gasteiger partial charge on any atom is -0.493 e. The first-order valence-electron chi connectivity index (χ1n) is 12.7. The molecule has 38 heavy (non-hydrogen) atoms. The number of hydrogen-bond donors (Lipinski definition) is 1. The Labute approximate surface area is 228 Å². The minimum absolute atomic E-state index is 0.131. The van der Waals surface area contributed by atoms with Crippen molar-refractivity contribution >= 4 is 23.6 Å². The fourth-order valence-corrected chi connectivity index (χ4v) is 6.54. The number of rotatable bonds is 9. The summed E-state index contributed by atoms with van der Waals surface area (Å²) in [6, 6.07) is 8.30. The molecular weight excluding hydrogens is 508 g/mol. The van der Waals surface area contributed by atoms with E-state index in [0.717, 1.165) is 31.2 Å². The number of amides is 2. The normalized spacial score (nSPS) is 19.6. The summed E-state index contributed by atoms with van der Waals surface area (Å²) < 4.78 is 27.3. The molecule has 2 aromatic rings. The van der Waals surface area contributed by atoms with Crippen molar-refractivity contribution in [1.82, 2.24) is 10.2 Å². The summed E-state index contributed by atoms with van der Waals surface area (Å²) >= 11 is 1.55. The van der Waals surface area contributed by atoms with Crippen molar-refractivity contribution in [1.29, 1.82) is 0 Å². The second-order valence-corrected chi connectivity index (χ2v) is 10.4. The zero-order valence-electron chi connectivity index (χ0n) is 22.6. The number of thioether (sulfide) groups is 1. The Hall–Kier alpha value is -3.27. The smallest absolute Gasteiger partial charge is 0.256 e. The molecule has 2 aliphatic rings. The maximum Gasteiger partial charge on any atom is 0.256 e. The Morgan fingerprint density at radius 2 is 1.45 bits per heavy atom. The van der Waals surface area contributed by atoms with Crippen LogP contribution < -0.4 is 29.0 Å². The first-order valence-corrected chi connectivity index (χ1v) is 13.8. The van der Waals surface area contributed by atoms with E-state index < -0.39 is 11.4 Å². The zero-order chi connectivity index (χ0) is 27.2. The van der Waals surface area contributed by atoms with Gasteiger partial charge in [0, 0.05) is 17.4 Å². The number of nitrogens with zero attached hydrogens (tertiary/aromatic N) is 1. The lowest BCUT2D eigenvalue weighted by atomic mass is 9.95. The van der Waals surface area contributed by atoms with Gasteiger partial charge < -0.3 is 33.9 Å². The molecule has 0 spiro atoms. The lowest BCUT2D eigenvalue weighted by Gasteiger charge is -2.31. The van der Waals surface area contributed by atoms with Gasteiger partial charge in [-0.2, -0.15) is 0 Å². The second-order valence-electron chi connectivity index (χ2n) is 9.29. The number of nitrogens with one attached hydrogen (secondary N) is 1. The van der Waals surface area contributed by atoms with Crippen LogP contribution in [0.2, 0.25) is 0 Å². The van der Waals surface area contributed by atoms with E-state index in [0.29, 0.717) is 40.1 Å². The van der Waals surface area contributed by atoms with Crippen LogP contribution in [0.4, 0.5) is 0 Å². The van der Waals surface area contributed by atoms with Crippen LogP contribution in [-0.2, 0) is 4.79 Å². The largest absolute Gasteiger partial charge is 0.493 e. The van der Waals surface area contributed by atoms with Crippen molar-refractivity contribution in [3.63, 3.8) is 0 Å². The van der Waals surface area contributed by atoms with Gasteiger partial charge in [0.15, 0.2) is 23.0 Å². The number of carbonyl (C=O) groups excluding carboxylic acids is 2. The van der Waals surface area contributed by atoms with Crippen LogP contribution >= 0.6 is 11.8 Å². The molecular formula is C28H36N2O7S. The van der Waals surface area contributed by atoms with E-state index in [9.17, 15) is 9.59 Å². The minimum atomic E-state index is -0.647. The molecule has 0 aromatic heterocycles. The van der Waals surface area contributed by atoms with Crippen molar-refractivity contribution in [3.8, 4) is 28.7 Å². The summed E-state index contributed by atoms with van der Waals surface area (Å²) in [5.74, 6) is 2.31. The van der Waals surface area contributed by atoms with Gasteiger partial charge in [-0.25, -0.2) is 0 Å². The Morgan fingerprint density at radius 3 is 2.03 bits per heavy atom. The van der Waals surface area contributed by atoms with Gasteiger partial charge in [-0.15, -0.1) is 11.8 Å². The molecule has 206 valence electrons. The van der Waals surface area contributed by atoms with Crippen LogP contribution in [0, 0.1) is 0 Å². The van der Waals surface area contributed by atoms with Crippen LogP contribution in [-0.4, -0.2) is 70.1 Å². The third kappa shape index (κ3) is 5.60. The van der Waals surface area contributed by atoms with Crippen LogP contribution in [0.25, 0.3) is 0 Å². The molecule has 10 heteroatoms. The standard InChI is InChI=1S/C28H36N2O7S/c1-33-21-12-11-17(13-22(21)34-2)28-30(20(16-38-28)26(31)29-19-9-7-6-8-10-19)27(32)18-14-23(35-3)25(37-5)24(15-18)36-4/h11-15,19-20,28H,6-10,16H2,1-5H3,(H,29,31). The van der Waals surface area contributed by atoms with Crippen molar-refractivity contribution < 1.29 is 33.3 Å². The fraction of sp³-hybridized carbons (Fsp3) is 0.500. The van der Waals surface area contributed by atoms with Gasteiger partial charge in [-0.3, -0.25) is 9.59 Å². The van der Waals surface area contributed by atoms with E-state index in [-0.39, 0.29) is 17.9 Å². The van der Waals surface area contributed by atoms with Gasteiger partial charge in [0.05, 0.1) is 35.5 Å². The fourth-order valence-electron chi connectivity index (χ4n) is 5.12. The maximum absolute atomic E-state index is 14.2. The summed E-state index contributed by atoms with van der Waals surface area (Å²) in [6.07, 6.45) is 5.33. The number of hydrogen-bond acceptors (Lipinski definition) is 8. The summed E-state index contributed by atoms with van der Waals surface area (Å²) in [4.78, 5) is 29.4. The molecule has 1 heterocycles. The van der Waals surface area contributed by atoms with Crippen molar-refractivity contribution in [3.05, 3.63) is 41.5 Å². The van der Waals surface area contributed by atoms with Crippen LogP contribution in [0.1, 0.15) is 53.4 Å². The van der Waals surface area contributed by atoms with Crippen LogP contribution in [0.15, 0.2) is 30.3 Å². The molecule has 1 aliphatic heterocycles. The van der Waals surface area contributed by atoms with Gasteiger partial charge in [-0.05, 0) is 42.7 Å². The first-order chi connectivity index (χ1) is 18.4. The van der Waals surface area contributed by atoms with Crippen molar-refractivity contribution in [2.45, 2.75) is 49.6 Å². The average Bonchev–Trinajstić information content (AvgIpc) is 3.41. The summed E-state index contributed by atoms with van der Waals surface area (Å²) in [5.41, 5.74) is 1.17. The predicted molar refractivity (Wildman–Crippen MR) is 146 cm³/mol. The second kappa shape index (κ2) is 12.5. The first kappa shape index (κ1) is 27.8. The van der Waals surface area contributed by atoms with Crippen molar-refractivity contribution in [2.24, 2.45) is 0 Å². The highest BCUT2D eigenvalue weighted by Gasteiger charge is 2.43. The Bertz CT molecular complexity index is 1130. The van der Waals surface area contributed by atoms with E-state index in [2.05, 4.69) is 5.32 Å². The van der Waals surface area contributed by atoms with E-state index >= 15 is 0 Å². The van der Waals surface area contributed by atoms with Gasteiger partial charge in [0.1, 0.15) is 11.4 Å². The Balaban J connectivity index is 1.73. The van der Waals surface area contributed by atoms with E-state index in [4.69, 9.17) is 23.7 Å². The molecule has 1 saturated heterocycles. The molecule has 9 nitrogen and oxygen atoms in total. The van der Waals surface area contributed by atoms with Gasteiger partial charge >= 0.3 is 0 Å². The van der Waals surface area contributed by atoms with Gasteiger partial charge in [0.2, 0.25) is 11.7 Å². The Morgan fingerprint density at radius 1 is 0.816 bits per heavy atom. The Kier molecular flexibility index (Phi) is 9.14. The predicted octanol–water partition coefficient (Wildman–Crippen LogP) is 4.43. The summed E-state index contributed by atoms with van der Waals surface area (Å²) in [6.45, 7) is 0. The van der Waals surface area contributed by atoms with Crippen LogP contribution in [0.5, 0.6) is 28.7 Å². The van der Waals surface area contributed by atoms with Crippen LogP contribution in [0.3, 0.4) is 0 Å². The SMILES string of the molecule is COc1ccc(C2SCC(C(=O)NC3CCCCC3)N2C(=O)c2cc(OC)c(OC)c(OC)c2)cc1OC. The number of carbonyl (C=O) groups is 2. The van der Waals surface area contributed by atoms with E-state index in [1.807, 2.05) is 18.2 Å². The molecule has 2 amide bonds. The number of benzene rings is 2. The van der Waals surface area contributed by atoms with Crippen molar-refractivity contribution in [2.75, 3.05) is 41.3 Å².